The number of carbonyl (C=O) groups excluding carboxylic acids is 1. The summed E-state index contributed by atoms with van der Waals surface area (Å²) >= 11 is 5.70. The molecule has 0 aliphatic carbocycles. The Balaban J connectivity index is 2.00. The highest BCUT2D eigenvalue weighted by atomic mass is 35.5. The zero-order valence-corrected chi connectivity index (χ0v) is 7.49. The van der Waals surface area contributed by atoms with E-state index >= 15 is 0 Å². The number of epoxide rings is 1. The molecule has 0 N–H and O–H groups in total. The molecule has 2 nitrogen and oxygen atoms in total. The molecule has 1 aliphatic rings. The Hall–Kier alpha value is -0.240. The molecule has 11 heavy (non-hydrogen) atoms. The predicted molar refractivity (Wildman–Crippen MR) is 43.4 cm³/mol. The summed E-state index contributed by atoms with van der Waals surface area (Å²) in [4.78, 5) is 10.5. The van der Waals surface area contributed by atoms with E-state index in [1.807, 2.05) is 0 Å². The van der Waals surface area contributed by atoms with E-state index in [4.69, 9.17) is 11.6 Å². The highest BCUT2D eigenvalue weighted by Gasteiger charge is 2.55. The van der Waals surface area contributed by atoms with Gasteiger partial charge in [0.05, 0.1) is 0 Å². The van der Waals surface area contributed by atoms with Gasteiger partial charge in [-0.3, -0.25) is 0 Å². The lowest BCUT2D eigenvalue weighted by molar-refractivity contribution is -0.117. The summed E-state index contributed by atoms with van der Waals surface area (Å²) in [6.45, 7) is 2.15. The molecule has 0 aromatic carbocycles. The summed E-state index contributed by atoms with van der Waals surface area (Å²) in [6.07, 6.45) is 5.21. The van der Waals surface area contributed by atoms with Crippen LogP contribution in [0.5, 0.6) is 0 Å². The number of halogens is 1. The average Bonchev–Trinajstić information content (AvgIpc) is 2.54. The summed E-state index contributed by atoms with van der Waals surface area (Å²) in [5.74, 6) is -0.254. The van der Waals surface area contributed by atoms with Crippen LogP contribution < -0.4 is 0 Å². The Bertz CT molecular complexity index is 158. The number of ether oxygens (including phenoxy) is 1. The van der Waals surface area contributed by atoms with Crippen LogP contribution in [0.2, 0.25) is 0 Å². The van der Waals surface area contributed by atoms with Gasteiger partial charge in [0.15, 0.2) is 0 Å². The van der Waals surface area contributed by atoms with E-state index in [-0.39, 0.29) is 5.97 Å². The molecule has 1 aliphatic heterocycles. The van der Waals surface area contributed by atoms with Crippen LogP contribution in [0.1, 0.15) is 39.0 Å². The van der Waals surface area contributed by atoms with Gasteiger partial charge in [0, 0.05) is 6.42 Å². The van der Waals surface area contributed by atoms with Gasteiger partial charge in [0.2, 0.25) is 0 Å². The molecule has 1 unspecified atom stereocenters. The lowest BCUT2D eigenvalue weighted by atomic mass is 10.1. The quantitative estimate of drug-likeness (QED) is 0.366. The first kappa shape index (κ1) is 8.85. The second-order valence-electron chi connectivity index (χ2n) is 2.93. The number of hydrogen-bond donors (Lipinski definition) is 0. The summed E-state index contributed by atoms with van der Waals surface area (Å²) < 4.78 is 4.61. The number of alkyl halides is 1. The molecule has 1 rings (SSSR count). The number of hydrogen-bond acceptors (Lipinski definition) is 2. The Morgan fingerprint density at radius 3 is 2.55 bits per heavy atom. The minimum absolute atomic E-state index is 0.254. The Kier molecular flexibility index (Phi) is 2.77. The van der Waals surface area contributed by atoms with Crippen LogP contribution in [0.25, 0.3) is 0 Å². The van der Waals surface area contributed by atoms with Crippen molar-refractivity contribution in [3.8, 4) is 0 Å². The normalized spacial score (nSPS) is 28.4. The van der Waals surface area contributed by atoms with Gasteiger partial charge in [0.25, 0.3) is 5.06 Å². The highest BCUT2D eigenvalue weighted by Crippen LogP contribution is 2.38. The van der Waals surface area contributed by atoms with E-state index in [1.165, 1.54) is 12.8 Å². The highest BCUT2D eigenvalue weighted by molar-refractivity contribution is 6.38. The van der Waals surface area contributed by atoms with Crippen molar-refractivity contribution in [2.75, 3.05) is 0 Å². The first-order valence-corrected chi connectivity index (χ1v) is 4.49. The van der Waals surface area contributed by atoms with Gasteiger partial charge in [-0.25, -0.2) is 4.79 Å². The topological polar surface area (TPSA) is 29.6 Å². The van der Waals surface area contributed by atoms with Crippen molar-refractivity contribution < 1.29 is 9.53 Å². The lowest BCUT2D eigenvalue weighted by Gasteiger charge is -1.97. The van der Waals surface area contributed by atoms with Crippen molar-refractivity contribution in [3.63, 3.8) is 0 Å². The van der Waals surface area contributed by atoms with E-state index in [2.05, 4.69) is 11.7 Å². The SMILES string of the molecule is CCCCCCC1(Cl)OC1=O. The van der Waals surface area contributed by atoms with Crippen LogP contribution in [0.4, 0.5) is 0 Å². The molecule has 3 heteroatoms. The zero-order chi connectivity index (χ0) is 8.32. The molecule has 0 bridgehead atoms. The molecular weight excluding hydrogens is 164 g/mol. The van der Waals surface area contributed by atoms with Crippen LogP contribution in [0, 0.1) is 0 Å². The van der Waals surface area contributed by atoms with Crippen LogP contribution in [-0.2, 0) is 9.53 Å². The molecule has 1 atom stereocenters. The third-order valence-corrected chi connectivity index (χ3v) is 2.29. The van der Waals surface area contributed by atoms with Gasteiger partial charge in [0.1, 0.15) is 0 Å². The third-order valence-electron chi connectivity index (χ3n) is 1.87. The molecule has 64 valence electrons. The number of unbranched alkanes of at least 4 members (excludes halogenated alkanes) is 3. The fourth-order valence-corrected chi connectivity index (χ4v) is 1.26. The number of carbonyl (C=O) groups is 1. The second-order valence-corrected chi connectivity index (χ2v) is 3.54. The molecule has 1 heterocycles. The lowest BCUT2D eigenvalue weighted by Crippen LogP contribution is -2.01. The number of rotatable bonds is 5. The molecule has 0 amide bonds. The summed E-state index contributed by atoms with van der Waals surface area (Å²) in [6, 6.07) is 0. The van der Waals surface area contributed by atoms with Crippen LogP contribution in [0.3, 0.4) is 0 Å². The third kappa shape index (κ3) is 2.37. The van der Waals surface area contributed by atoms with E-state index in [9.17, 15) is 4.79 Å². The Morgan fingerprint density at radius 1 is 1.45 bits per heavy atom. The van der Waals surface area contributed by atoms with Gasteiger partial charge in [-0.2, -0.15) is 0 Å². The molecule has 0 saturated carbocycles. The van der Waals surface area contributed by atoms with E-state index < -0.39 is 5.06 Å². The minimum atomic E-state index is -0.909. The van der Waals surface area contributed by atoms with E-state index in [1.54, 1.807) is 0 Å². The van der Waals surface area contributed by atoms with Crippen LogP contribution in [0.15, 0.2) is 0 Å². The maximum absolute atomic E-state index is 10.5. The summed E-state index contributed by atoms with van der Waals surface area (Å²) in [5.41, 5.74) is 0. The monoisotopic (exact) mass is 176 g/mol. The maximum atomic E-state index is 10.5. The molecule has 0 aromatic rings. The van der Waals surface area contributed by atoms with Gasteiger partial charge >= 0.3 is 5.97 Å². The molecule has 1 saturated heterocycles. The molecule has 1 fully saturated rings. The van der Waals surface area contributed by atoms with Crippen molar-refractivity contribution >= 4 is 17.6 Å². The zero-order valence-electron chi connectivity index (χ0n) is 6.73. The first-order valence-electron chi connectivity index (χ1n) is 4.11. The molecular formula is C8H13ClO2. The fraction of sp³-hybridized carbons (Fsp3) is 0.875. The molecule has 0 aromatic heterocycles. The van der Waals surface area contributed by atoms with Crippen molar-refractivity contribution in [1.82, 2.24) is 0 Å². The first-order chi connectivity index (χ1) is 5.19. The summed E-state index contributed by atoms with van der Waals surface area (Å²) in [5, 5.41) is -0.909. The standard InChI is InChI=1S/C8H13ClO2/c1-2-3-4-5-6-8(9)7(10)11-8/h2-6H2,1H3. The van der Waals surface area contributed by atoms with Gasteiger partial charge < -0.3 is 4.74 Å². The van der Waals surface area contributed by atoms with Crippen molar-refractivity contribution in [2.45, 2.75) is 44.1 Å². The Labute approximate surface area is 71.9 Å². The van der Waals surface area contributed by atoms with Crippen molar-refractivity contribution in [3.05, 3.63) is 0 Å². The fourth-order valence-electron chi connectivity index (χ4n) is 1.05. The predicted octanol–water partition coefficient (Wildman–Crippen LogP) is 2.45. The van der Waals surface area contributed by atoms with Crippen LogP contribution in [-0.4, -0.2) is 11.0 Å². The van der Waals surface area contributed by atoms with Crippen molar-refractivity contribution in [1.29, 1.82) is 0 Å². The van der Waals surface area contributed by atoms with Crippen LogP contribution >= 0.6 is 11.6 Å². The minimum Gasteiger partial charge on any atom is -0.427 e. The average molecular weight is 177 g/mol. The number of cyclic esters (lactones) is 1. The smallest absolute Gasteiger partial charge is 0.369 e. The molecule has 0 spiro atoms. The van der Waals surface area contributed by atoms with E-state index in [0.29, 0.717) is 6.42 Å². The maximum Gasteiger partial charge on any atom is 0.369 e. The molecule has 0 radical (unpaired) electrons. The van der Waals surface area contributed by atoms with E-state index in [0.717, 1.165) is 12.8 Å². The van der Waals surface area contributed by atoms with Crippen molar-refractivity contribution in [2.24, 2.45) is 0 Å². The van der Waals surface area contributed by atoms with Gasteiger partial charge in [-0.15, -0.1) is 0 Å². The van der Waals surface area contributed by atoms with Gasteiger partial charge in [-0.1, -0.05) is 37.8 Å². The Morgan fingerprint density at radius 2 is 2.09 bits per heavy atom. The van der Waals surface area contributed by atoms with Gasteiger partial charge in [-0.05, 0) is 6.42 Å². The second kappa shape index (κ2) is 3.44. The summed E-state index contributed by atoms with van der Waals surface area (Å²) in [7, 11) is 0. The largest absolute Gasteiger partial charge is 0.427 e.